The summed E-state index contributed by atoms with van der Waals surface area (Å²) in [6.07, 6.45) is 0. The maximum absolute atomic E-state index is 4.39. The van der Waals surface area contributed by atoms with Crippen LogP contribution < -0.4 is 0 Å². The van der Waals surface area contributed by atoms with Gasteiger partial charge in [-0.15, -0.1) is 0 Å². The molecule has 1 aliphatic heterocycles. The van der Waals surface area contributed by atoms with Crippen molar-refractivity contribution in [2.75, 3.05) is 0 Å². The maximum Gasteiger partial charge on any atom is 0.0896 e. The standard InChI is InChI=1S/C26H29N/c1-18-16-23(19-8-12-21(13-9-19)25(2,3)4)24(17-27-18)20-10-14-22(15-11-20)26(5,6)7/h8-15H,1-7H3. The zero-order valence-electron chi connectivity index (χ0n) is 17.6. The van der Waals surface area contributed by atoms with Crippen molar-refractivity contribution in [2.45, 2.75) is 59.3 Å². The van der Waals surface area contributed by atoms with Crippen LogP contribution in [0.2, 0.25) is 0 Å². The molecule has 0 fully saturated rings. The molecule has 27 heavy (non-hydrogen) atoms. The molecule has 0 bridgehead atoms. The summed E-state index contributed by atoms with van der Waals surface area (Å²) in [6, 6.07) is 17.6. The molecule has 2 aromatic carbocycles. The van der Waals surface area contributed by atoms with Crippen molar-refractivity contribution < 1.29 is 0 Å². The van der Waals surface area contributed by atoms with E-state index in [0.717, 1.165) is 28.0 Å². The third-order valence-corrected chi connectivity index (χ3v) is 4.97. The van der Waals surface area contributed by atoms with E-state index < -0.39 is 0 Å². The highest BCUT2D eigenvalue weighted by molar-refractivity contribution is 6.16. The highest BCUT2D eigenvalue weighted by Gasteiger charge is 2.18. The van der Waals surface area contributed by atoms with Gasteiger partial charge in [0.25, 0.3) is 0 Å². The number of hydrogen-bond donors (Lipinski definition) is 0. The lowest BCUT2D eigenvalue weighted by molar-refractivity contribution is 0.590. The molecule has 0 aromatic heterocycles. The predicted octanol–water partition coefficient (Wildman–Crippen LogP) is 6.93. The molecule has 138 valence electrons. The zero-order valence-corrected chi connectivity index (χ0v) is 17.6. The van der Waals surface area contributed by atoms with Crippen molar-refractivity contribution in [2.24, 2.45) is 4.99 Å². The summed E-state index contributed by atoms with van der Waals surface area (Å²) in [5.74, 6) is 3.24. The molecule has 3 rings (SSSR count). The van der Waals surface area contributed by atoms with Crippen LogP contribution in [-0.2, 0) is 10.8 Å². The van der Waals surface area contributed by atoms with E-state index in [2.05, 4.69) is 107 Å². The van der Waals surface area contributed by atoms with Gasteiger partial charge in [0, 0.05) is 5.57 Å². The fraction of sp³-hybridized carbons (Fsp3) is 0.346. The van der Waals surface area contributed by atoms with E-state index in [1.54, 1.807) is 0 Å². The number of rotatable bonds is 2. The summed E-state index contributed by atoms with van der Waals surface area (Å²) in [7, 11) is 0. The predicted molar refractivity (Wildman–Crippen MR) is 117 cm³/mol. The van der Waals surface area contributed by atoms with Crippen molar-refractivity contribution in [3.05, 3.63) is 82.2 Å². The molecule has 0 unspecified atom stereocenters. The second-order valence-corrected chi connectivity index (χ2v) is 9.34. The largest absolute Gasteiger partial charge is 0.202 e. The third-order valence-electron chi connectivity index (χ3n) is 4.97. The summed E-state index contributed by atoms with van der Waals surface area (Å²) in [4.78, 5) is 4.39. The first-order chi connectivity index (χ1) is 12.6. The first-order valence-corrected chi connectivity index (χ1v) is 9.59. The van der Waals surface area contributed by atoms with Crippen LogP contribution in [0, 0.1) is 0 Å². The molecular formula is C26H29N. The van der Waals surface area contributed by atoms with Crippen LogP contribution in [0.1, 0.15) is 70.7 Å². The SMILES string of the molecule is CC1=C=C(c2ccc(C(C)(C)C)cc2)C(c2ccc(C(C)(C)C)cc2)=C=N1. The minimum atomic E-state index is 0.144. The topological polar surface area (TPSA) is 12.4 Å². The summed E-state index contributed by atoms with van der Waals surface area (Å²) >= 11 is 0. The van der Waals surface area contributed by atoms with Gasteiger partial charge in [-0.3, -0.25) is 0 Å². The smallest absolute Gasteiger partial charge is 0.0896 e. The molecule has 0 spiro atoms. The van der Waals surface area contributed by atoms with Gasteiger partial charge in [0.05, 0.1) is 11.3 Å². The molecule has 0 atom stereocenters. The number of hydrogen-bond acceptors (Lipinski definition) is 1. The fourth-order valence-corrected chi connectivity index (χ4v) is 3.17. The Bertz CT molecular complexity index is 972. The molecular weight excluding hydrogens is 326 g/mol. The fourth-order valence-electron chi connectivity index (χ4n) is 3.17. The van der Waals surface area contributed by atoms with Crippen LogP contribution in [0.4, 0.5) is 0 Å². The van der Waals surface area contributed by atoms with Gasteiger partial charge in [-0.25, -0.2) is 4.99 Å². The summed E-state index contributed by atoms with van der Waals surface area (Å²) in [5.41, 5.74) is 11.6. The van der Waals surface area contributed by atoms with Crippen LogP contribution >= 0.6 is 0 Å². The normalized spacial score (nSPS) is 14.6. The van der Waals surface area contributed by atoms with Crippen LogP contribution in [0.25, 0.3) is 11.1 Å². The van der Waals surface area contributed by atoms with Crippen LogP contribution in [0.3, 0.4) is 0 Å². The van der Waals surface area contributed by atoms with E-state index >= 15 is 0 Å². The van der Waals surface area contributed by atoms with Gasteiger partial charge in [-0.2, -0.15) is 0 Å². The van der Waals surface area contributed by atoms with E-state index in [9.17, 15) is 0 Å². The van der Waals surface area contributed by atoms with Gasteiger partial charge < -0.3 is 0 Å². The molecule has 1 nitrogen and oxygen atoms in total. The van der Waals surface area contributed by atoms with E-state index in [1.165, 1.54) is 11.1 Å². The van der Waals surface area contributed by atoms with Gasteiger partial charge in [0.15, 0.2) is 0 Å². The molecule has 1 heteroatoms. The van der Waals surface area contributed by atoms with Gasteiger partial charge in [0.2, 0.25) is 0 Å². The second-order valence-electron chi connectivity index (χ2n) is 9.34. The number of benzene rings is 2. The van der Waals surface area contributed by atoms with Gasteiger partial charge in [0.1, 0.15) is 0 Å². The minimum absolute atomic E-state index is 0.144. The van der Waals surface area contributed by atoms with E-state index in [0.29, 0.717) is 0 Å². The number of allylic oxidation sites excluding steroid dienone is 2. The first kappa shape index (κ1) is 19.2. The summed E-state index contributed by atoms with van der Waals surface area (Å²) in [5, 5.41) is 0. The Morgan fingerprint density at radius 1 is 0.630 bits per heavy atom. The van der Waals surface area contributed by atoms with Crippen LogP contribution in [0.15, 0.2) is 65.0 Å². The molecule has 2 aromatic rings. The molecule has 0 radical (unpaired) electrons. The Balaban J connectivity index is 2.01. The highest BCUT2D eigenvalue weighted by atomic mass is 14.7. The molecule has 0 aliphatic carbocycles. The van der Waals surface area contributed by atoms with Crippen molar-refractivity contribution in [3.63, 3.8) is 0 Å². The lowest BCUT2D eigenvalue weighted by atomic mass is 9.84. The average molecular weight is 356 g/mol. The third kappa shape index (κ3) is 4.22. The zero-order chi connectivity index (χ0) is 19.8. The Labute approximate surface area is 163 Å². The molecule has 1 aliphatic rings. The summed E-state index contributed by atoms with van der Waals surface area (Å²) < 4.78 is 0. The van der Waals surface area contributed by atoms with Crippen molar-refractivity contribution >= 4 is 17.0 Å². The van der Waals surface area contributed by atoms with Crippen LogP contribution in [-0.4, -0.2) is 5.87 Å². The molecule has 1 heterocycles. The van der Waals surface area contributed by atoms with Gasteiger partial charge in [-0.05, 0) is 45.9 Å². The summed E-state index contributed by atoms with van der Waals surface area (Å²) in [6.45, 7) is 15.4. The van der Waals surface area contributed by atoms with E-state index in [4.69, 9.17) is 0 Å². The van der Waals surface area contributed by atoms with Crippen molar-refractivity contribution in [1.82, 2.24) is 0 Å². The second kappa shape index (κ2) is 6.86. The Hall–Kier alpha value is -2.59. The minimum Gasteiger partial charge on any atom is -0.202 e. The molecule has 0 amide bonds. The monoisotopic (exact) mass is 355 g/mol. The first-order valence-electron chi connectivity index (χ1n) is 9.59. The lowest BCUT2D eigenvalue weighted by Gasteiger charge is -2.20. The number of nitrogens with zero attached hydrogens (tertiary/aromatic N) is 1. The van der Waals surface area contributed by atoms with E-state index in [1.807, 2.05) is 6.92 Å². The van der Waals surface area contributed by atoms with Crippen LogP contribution in [0.5, 0.6) is 0 Å². The Morgan fingerprint density at radius 2 is 1.04 bits per heavy atom. The molecule has 0 N–H and O–H groups in total. The van der Waals surface area contributed by atoms with Crippen molar-refractivity contribution in [1.29, 1.82) is 0 Å². The Kier molecular flexibility index (Phi) is 4.87. The molecule has 0 saturated heterocycles. The number of aliphatic imine (C=N–C) groups is 1. The molecule has 0 saturated carbocycles. The maximum atomic E-state index is 4.39. The lowest BCUT2D eigenvalue weighted by Crippen LogP contribution is -2.11. The van der Waals surface area contributed by atoms with Gasteiger partial charge >= 0.3 is 0 Å². The Morgan fingerprint density at radius 3 is 1.44 bits per heavy atom. The van der Waals surface area contributed by atoms with Gasteiger partial charge in [-0.1, -0.05) is 95.8 Å². The highest BCUT2D eigenvalue weighted by Crippen LogP contribution is 2.33. The quantitative estimate of drug-likeness (QED) is 0.518. The van der Waals surface area contributed by atoms with E-state index in [-0.39, 0.29) is 10.8 Å². The average Bonchev–Trinajstić information content (AvgIpc) is 2.60. The van der Waals surface area contributed by atoms with Crippen molar-refractivity contribution in [3.8, 4) is 0 Å².